The van der Waals surface area contributed by atoms with Gasteiger partial charge in [0.25, 0.3) is 5.91 Å². The number of oxime groups is 1. The molecule has 0 aliphatic heterocycles. The minimum atomic E-state index is -0.262. The molecule has 3 N–H and O–H groups in total. The highest BCUT2D eigenvalue weighted by Crippen LogP contribution is 2.22. The molecule has 20 heavy (non-hydrogen) atoms. The second-order valence-electron chi connectivity index (χ2n) is 4.39. The normalized spacial score (nSPS) is 13.1. The van der Waals surface area contributed by atoms with Gasteiger partial charge in [-0.2, -0.15) is 0 Å². The van der Waals surface area contributed by atoms with Crippen LogP contribution in [-0.2, 0) is 0 Å². The molecule has 0 aliphatic rings. The van der Waals surface area contributed by atoms with Crippen LogP contribution < -0.4 is 5.73 Å². The average Bonchev–Trinajstić information content (AvgIpc) is 2.45. The Morgan fingerprint density at radius 1 is 1.50 bits per heavy atom. The number of halogens is 2. The summed E-state index contributed by atoms with van der Waals surface area (Å²) in [5.74, 6) is -0.423. The van der Waals surface area contributed by atoms with E-state index in [0.717, 1.165) is 0 Å². The van der Waals surface area contributed by atoms with Crippen molar-refractivity contribution in [2.45, 2.75) is 13.8 Å². The number of hydrogen-bond donors (Lipinski definition) is 2. The van der Waals surface area contributed by atoms with Crippen molar-refractivity contribution in [2.75, 3.05) is 13.1 Å². The van der Waals surface area contributed by atoms with Crippen LogP contribution in [0.3, 0.4) is 0 Å². The van der Waals surface area contributed by atoms with Crippen molar-refractivity contribution >= 4 is 34.9 Å². The Hall–Kier alpha value is -1.46. The van der Waals surface area contributed by atoms with Crippen molar-refractivity contribution in [3.05, 3.63) is 33.8 Å². The fraction of sp³-hybridized carbons (Fsp3) is 0.385. The molecule has 1 aromatic carbocycles. The van der Waals surface area contributed by atoms with E-state index in [4.69, 9.17) is 34.1 Å². The first-order valence-electron chi connectivity index (χ1n) is 6.12. The van der Waals surface area contributed by atoms with Crippen molar-refractivity contribution in [2.24, 2.45) is 16.8 Å². The quantitative estimate of drug-likeness (QED) is 0.379. The zero-order valence-corrected chi connectivity index (χ0v) is 12.8. The minimum absolute atomic E-state index is 0.0773. The zero-order valence-electron chi connectivity index (χ0n) is 11.3. The summed E-state index contributed by atoms with van der Waals surface area (Å²) >= 11 is 11.9. The van der Waals surface area contributed by atoms with Crippen molar-refractivity contribution in [1.82, 2.24) is 4.90 Å². The van der Waals surface area contributed by atoms with Gasteiger partial charge in [0.2, 0.25) is 0 Å². The van der Waals surface area contributed by atoms with Crippen molar-refractivity contribution < 1.29 is 10.0 Å². The van der Waals surface area contributed by atoms with Gasteiger partial charge in [0.15, 0.2) is 0 Å². The number of rotatable bonds is 5. The van der Waals surface area contributed by atoms with Crippen molar-refractivity contribution in [3.63, 3.8) is 0 Å². The number of carbonyl (C=O) groups is 1. The molecule has 7 heteroatoms. The predicted octanol–water partition coefficient (Wildman–Crippen LogP) is 2.84. The molecular formula is C13H17Cl2N3O2. The van der Waals surface area contributed by atoms with E-state index in [9.17, 15) is 4.79 Å². The Balaban J connectivity index is 2.95. The van der Waals surface area contributed by atoms with E-state index < -0.39 is 0 Å². The second kappa shape index (κ2) is 7.36. The lowest BCUT2D eigenvalue weighted by molar-refractivity contribution is 0.0754. The monoisotopic (exact) mass is 317 g/mol. The number of amidine groups is 1. The predicted molar refractivity (Wildman–Crippen MR) is 80.6 cm³/mol. The highest BCUT2D eigenvalue weighted by molar-refractivity contribution is 6.35. The minimum Gasteiger partial charge on any atom is -0.409 e. The van der Waals surface area contributed by atoms with Crippen LogP contribution in [0.25, 0.3) is 0 Å². The van der Waals surface area contributed by atoms with Gasteiger partial charge in [-0.3, -0.25) is 4.79 Å². The van der Waals surface area contributed by atoms with Gasteiger partial charge < -0.3 is 15.8 Å². The molecule has 1 unspecified atom stereocenters. The van der Waals surface area contributed by atoms with Crippen molar-refractivity contribution in [3.8, 4) is 0 Å². The molecule has 0 aliphatic carbocycles. The van der Waals surface area contributed by atoms with E-state index in [0.29, 0.717) is 28.7 Å². The Bertz CT molecular complexity index is 520. The largest absolute Gasteiger partial charge is 0.409 e. The van der Waals surface area contributed by atoms with Gasteiger partial charge in [0.05, 0.1) is 10.6 Å². The van der Waals surface area contributed by atoms with E-state index in [2.05, 4.69) is 5.16 Å². The maximum absolute atomic E-state index is 12.4. The van der Waals surface area contributed by atoms with Crippen LogP contribution in [0.1, 0.15) is 24.2 Å². The van der Waals surface area contributed by atoms with Crippen LogP contribution in [-0.4, -0.2) is 34.9 Å². The van der Waals surface area contributed by atoms with Crippen LogP contribution in [0.15, 0.2) is 23.4 Å². The maximum Gasteiger partial charge on any atom is 0.255 e. The summed E-state index contributed by atoms with van der Waals surface area (Å²) in [6.45, 7) is 4.42. The molecule has 0 bridgehead atoms. The molecule has 0 heterocycles. The van der Waals surface area contributed by atoms with Gasteiger partial charge in [-0.25, -0.2) is 0 Å². The molecule has 110 valence electrons. The summed E-state index contributed by atoms with van der Waals surface area (Å²) in [5.41, 5.74) is 5.87. The van der Waals surface area contributed by atoms with Crippen LogP contribution in [0, 0.1) is 5.92 Å². The smallest absolute Gasteiger partial charge is 0.255 e. The SMILES string of the molecule is CCN(CC(C)C(N)=NO)C(=O)c1cc(Cl)ccc1Cl. The molecule has 5 nitrogen and oxygen atoms in total. The van der Waals surface area contributed by atoms with Crippen LogP contribution in [0.2, 0.25) is 10.0 Å². The zero-order chi connectivity index (χ0) is 15.3. The van der Waals surface area contributed by atoms with E-state index in [1.165, 1.54) is 6.07 Å². The van der Waals surface area contributed by atoms with E-state index in [1.807, 2.05) is 6.92 Å². The lowest BCUT2D eigenvalue weighted by Crippen LogP contribution is -2.38. The van der Waals surface area contributed by atoms with E-state index in [1.54, 1.807) is 24.0 Å². The fourth-order valence-corrected chi connectivity index (χ4v) is 2.08. The molecule has 0 radical (unpaired) electrons. The summed E-state index contributed by atoms with van der Waals surface area (Å²) in [5, 5.41) is 12.4. The third-order valence-corrected chi connectivity index (χ3v) is 3.51. The van der Waals surface area contributed by atoms with Gasteiger partial charge in [-0.15, -0.1) is 0 Å². The average molecular weight is 318 g/mol. The van der Waals surface area contributed by atoms with Gasteiger partial charge in [-0.1, -0.05) is 35.3 Å². The fourth-order valence-electron chi connectivity index (χ4n) is 1.71. The van der Waals surface area contributed by atoms with E-state index >= 15 is 0 Å². The molecule has 0 spiro atoms. The van der Waals surface area contributed by atoms with Crippen LogP contribution >= 0.6 is 23.2 Å². The molecular weight excluding hydrogens is 301 g/mol. The highest BCUT2D eigenvalue weighted by atomic mass is 35.5. The first kappa shape index (κ1) is 16.6. The first-order chi connectivity index (χ1) is 9.40. The Labute approximate surface area is 127 Å². The molecule has 1 aromatic rings. The lowest BCUT2D eigenvalue weighted by atomic mass is 10.1. The van der Waals surface area contributed by atoms with Gasteiger partial charge >= 0.3 is 0 Å². The standard InChI is InChI=1S/C13H17Cl2N3O2/c1-3-18(7-8(2)12(16)17-20)13(19)10-6-9(14)4-5-11(10)15/h4-6,8,20H,3,7H2,1-2H3,(H2,16,17). The maximum atomic E-state index is 12.4. The number of nitrogens with two attached hydrogens (primary N) is 1. The Morgan fingerprint density at radius 3 is 2.70 bits per heavy atom. The summed E-state index contributed by atoms with van der Waals surface area (Å²) < 4.78 is 0. The number of hydrogen-bond acceptors (Lipinski definition) is 3. The molecule has 0 saturated heterocycles. The first-order valence-corrected chi connectivity index (χ1v) is 6.88. The third kappa shape index (κ3) is 4.02. The van der Waals surface area contributed by atoms with Crippen molar-refractivity contribution in [1.29, 1.82) is 0 Å². The topological polar surface area (TPSA) is 78.9 Å². The highest BCUT2D eigenvalue weighted by Gasteiger charge is 2.21. The van der Waals surface area contributed by atoms with Gasteiger partial charge in [-0.05, 0) is 25.1 Å². The number of amides is 1. The third-order valence-electron chi connectivity index (χ3n) is 2.94. The van der Waals surface area contributed by atoms with Gasteiger partial charge in [0.1, 0.15) is 5.84 Å². The van der Waals surface area contributed by atoms with Crippen LogP contribution in [0.4, 0.5) is 0 Å². The van der Waals surface area contributed by atoms with Crippen LogP contribution in [0.5, 0.6) is 0 Å². The summed E-state index contributed by atoms with van der Waals surface area (Å²) in [7, 11) is 0. The molecule has 0 aromatic heterocycles. The Kier molecular flexibility index (Phi) is 6.10. The molecule has 1 atom stereocenters. The lowest BCUT2D eigenvalue weighted by Gasteiger charge is -2.24. The number of carbonyl (C=O) groups excluding carboxylic acids is 1. The summed E-state index contributed by atoms with van der Waals surface area (Å²) in [6.07, 6.45) is 0. The molecule has 1 rings (SSSR count). The second-order valence-corrected chi connectivity index (χ2v) is 5.24. The Morgan fingerprint density at radius 2 is 2.15 bits per heavy atom. The molecule has 1 amide bonds. The van der Waals surface area contributed by atoms with E-state index in [-0.39, 0.29) is 17.7 Å². The molecule has 0 fully saturated rings. The number of nitrogens with zero attached hydrogens (tertiary/aromatic N) is 2. The summed E-state index contributed by atoms with van der Waals surface area (Å²) in [6, 6.07) is 4.73. The van der Waals surface area contributed by atoms with Gasteiger partial charge in [0, 0.05) is 24.0 Å². The number of benzene rings is 1. The molecule has 0 saturated carbocycles. The summed E-state index contributed by atoms with van der Waals surface area (Å²) in [4.78, 5) is 14.0.